The average Bonchev–Trinajstić information content (AvgIpc) is 2.20. The highest BCUT2D eigenvalue weighted by Gasteiger charge is 2.40. The minimum atomic E-state index is -1.22. The SMILES string of the molecule is CCONC(CC)=C1C(=O)OC(C)(C)OC1=O. The largest absolute Gasteiger partial charge is 0.419 e. The molecule has 17 heavy (non-hydrogen) atoms. The normalized spacial score (nSPS) is 18.5. The molecular formula is C11H17NO5. The summed E-state index contributed by atoms with van der Waals surface area (Å²) in [6.45, 7) is 6.98. The van der Waals surface area contributed by atoms with E-state index >= 15 is 0 Å². The number of allylic oxidation sites excluding steroid dienone is 1. The molecule has 0 amide bonds. The van der Waals surface area contributed by atoms with Crippen molar-refractivity contribution in [2.75, 3.05) is 6.61 Å². The van der Waals surface area contributed by atoms with Crippen molar-refractivity contribution in [1.82, 2.24) is 5.48 Å². The van der Waals surface area contributed by atoms with Crippen molar-refractivity contribution in [1.29, 1.82) is 0 Å². The Morgan fingerprint density at radius 3 is 2.18 bits per heavy atom. The molecule has 0 unspecified atom stereocenters. The molecule has 6 nitrogen and oxygen atoms in total. The average molecular weight is 243 g/mol. The van der Waals surface area contributed by atoms with Crippen molar-refractivity contribution in [2.45, 2.75) is 39.9 Å². The number of esters is 2. The van der Waals surface area contributed by atoms with Gasteiger partial charge in [0, 0.05) is 13.8 Å². The van der Waals surface area contributed by atoms with Crippen LogP contribution >= 0.6 is 0 Å². The van der Waals surface area contributed by atoms with Crippen LogP contribution in [-0.2, 0) is 23.9 Å². The summed E-state index contributed by atoms with van der Waals surface area (Å²) in [5.41, 5.74) is 2.77. The molecule has 1 fully saturated rings. The third-order valence-corrected chi connectivity index (χ3v) is 2.08. The Labute approximate surface area is 99.9 Å². The van der Waals surface area contributed by atoms with E-state index in [0.717, 1.165) is 0 Å². The van der Waals surface area contributed by atoms with Crippen molar-refractivity contribution >= 4 is 11.9 Å². The number of carbonyl (C=O) groups is 2. The van der Waals surface area contributed by atoms with Gasteiger partial charge in [0.2, 0.25) is 0 Å². The van der Waals surface area contributed by atoms with Crippen LogP contribution in [0.4, 0.5) is 0 Å². The van der Waals surface area contributed by atoms with Gasteiger partial charge in [0.25, 0.3) is 5.79 Å². The smallest absolute Gasteiger partial charge is 0.350 e. The number of hydrogen-bond donors (Lipinski definition) is 1. The van der Waals surface area contributed by atoms with E-state index in [2.05, 4.69) is 5.48 Å². The third-order valence-electron chi connectivity index (χ3n) is 2.08. The molecule has 1 heterocycles. The summed E-state index contributed by atoms with van der Waals surface area (Å²) in [6, 6.07) is 0. The highest BCUT2D eigenvalue weighted by Crippen LogP contribution is 2.24. The van der Waals surface area contributed by atoms with Gasteiger partial charge in [-0.25, -0.2) is 9.59 Å². The maximum Gasteiger partial charge on any atom is 0.350 e. The zero-order valence-corrected chi connectivity index (χ0v) is 10.5. The van der Waals surface area contributed by atoms with Crippen LogP contribution in [0.2, 0.25) is 0 Å². The standard InChI is InChI=1S/C11H17NO5/c1-5-7(12-15-6-2)8-9(13)16-11(3,4)17-10(8)14/h12H,5-6H2,1-4H3. The van der Waals surface area contributed by atoms with Crippen LogP contribution in [0.1, 0.15) is 34.1 Å². The Hall–Kier alpha value is -1.56. The number of ether oxygens (including phenoxy) is 2. The predicted octanol–water partition coefficient (Wildman–Crippen LogP) is 1.03. The topological polar surface area (TPSA) is 73.9 Å². The second-order valence-corrected chi connectivity index (χ2v) is 3.92. The van der Waals surface area contributed by atoms with Crippen LogP contribution in [0, 0.1) is 0 Å². The van der Waals surface area contributed by atoms with Gasteiger partial charge in [0.05, 0.1) is 12.3 Å². The maximum atomic E-state index is 11.7. The van der Waals surface area contributed by atoms with Crippen molar-refractivity contribution in [2.24, 2.45) is 0 Å². The summed E-state index contributed by atoms with van der Waals surface area (Å²) in [5, 5.41) is 0. The fourth-order valence-corrected chi connectivity index (χ4v) is 1.36. The van der Waals surface area contributed by atoms with E-state index in [1.165, 1.54) is 13.8 Å². The molecule has 0 spiro atoms. The van der Waals surface area contributed by atoms with Crippen LogP contribution in [0.3, 0.4) is 0 Å². The maximum absolute atomic E-state index is 11.7. The van der Waals surface area contributed by atoms with Gasteiger partial charge in [-0.1, -0.05) is 6.92 Å². The first-order valence-corrected chi connectivity index (χ1v) is 5.49. The van der Waals surface area contributed by atoms with Gasteiger partial charge in [-0.2, -0.15) is 0 Å². The molecule has 1 saturated heterocycles. The molecular weight excluding hydrogens is 226 g/mol. The Morgan fingerprint density at radius 1 is 1.24 bits per heavy atom. The molecule has 1 aliphatic heterocycles. The van der Waals surface area contributed by atoms with Crippen molar-refractivity contribution in [3.8, 4) is 0 Å². The van der Waals surface area contributed by atoms with E-state index in [4.69, 9.17) is 14.3 Å². The summed E-state index contributed by atoms with van der Waals surface area (Å²) in [4.78, 5) is 28.4. The lowest BCUT2D eigenvalue weighted by atomic mass is 10.1. The van der Waals surface area contributed by atoms with Crippen LogP contribution < -0.4 is 5.48 Å². The molecule has 0 aromatic heterocycles. The van der Waals surface area contributed by atoms with Gasteiger partial charge in [-0.05, 0) is 13.3 Å². The summed E-state index contributed by atoms with van der Waals surface area (Å²) >= 11 is 0. The van der Waals surface area contributed by atoms with Crippen LogP contribution in [0.5, 0.6) is 0 Å². The predicted molar refractivity (Wildman–Crippen MR) is 58.3 cm³/mol. The first kappa shape index (κ1) is 13.5. The van der Waals surface area contributed by atoms with Crippen LogP contribution in [-0.4, -0.2) is 24.3 Å². The van der Waals surface area contributed by atoms with Crippen LogP contribution in [0.15, 0.2) is 11.3 Å². The minimum Gasteiger partial charge on any atom is -0.419 e. The molecule has 0 aromatic rings. The van der Waals surface area contributed by atoms with E-state index in [9.17, 15) is 9.59 Å². The monoisotopic (exact) mass is 243 g/mol. The lowest BCUT2D eigenvalue weighted by Crippen LogP contribution is -2.43. The van der Waals surface area contributed by atoms with E-state index in [1.807, 2.05) is 0 Å². The molecule has 6 heteroatoms. The first-order valence-electron chi connectivity index (χ1n) is 5.49. The van der Waals surface area contributed by atoms with E-state index in [0.29, 0.717) is 18.7 Å². The number of nitrogens with one attached hydrogen (secondary N) is 1. The second kappa shape index (κ2) is 5.18. The Kier molecular flexibility index (Phi) is 4.11. The molecule has 1 aliphatic rings. The number of carbonyl (C=O) groups excluding carboxylic acids is 2. The summed E-state index contributed by atoms with van der Waals surface area (Å²) < 4.78 is 9.97. The number of cyclic esters (lactones) is 2. The highest BCUT2D eigenvalue weighted by molar-refractivity contribution is 6.15. The lowest BCUT2D eigenvalue weighted by Gasteiger charge is -2.30. The molecule has 96 valence electrons. The van der Waals surface area contributed by atoms with Crippen molar-refractivity contribution in [3.63, 3.8) is 0 Å². The number of hydrogen-bond acceptors (Lipinski definition) is 6. The molecule has 0 aliphatic carbocycles. The van der Waals surface area contributed by atoms with Crippen molar-refractivity contribution in [3.05, 3.63) is 11.3 Å². The second-order valence-electron chi connectivity index (χ2n) is 3.92. The van der Waals surface area contributed by atoms with Gasteiger partial charge < -0.3 is 9.47 Å². The van der Waals surface area contributed by atoms with Gasteiger partial charge in [0.15, 0.2) is 5.57 Å². The van der Waals surface area contributed by atoms with Gasteiger partial charge >= 0.3 is 11.9 Å². The zero-order valence-electron chi connectivity index (χ0n) is 10.5. The quantitative estimate of drug-likeness (QED) is 0.344. The number of rotatable bonds is 4. The fraction of sp³-hybridized carbons (Fsp3) is 0.636. The van der Waals surface area contributed by atoms with E-state index in [-0.39, 0.29) is 5.57 Å². The summed E-state index contributed by atoms with van der Waals surface area (Å²) in [5.74, 6) is -2.62. The van der Waals surface area contributed by atoms with Crippen molar-refractivity contribution < 1.29 is 23.9 Å². The molecule has 1 rings (SSSR count). The lowest BCUT2D eigenvalue weighted by molar-refractivity contribution is -0.222. The van der Waals surface area contributed by atoms with Gasteiger partial charge in [0.1, 0.15) is 0 Å². The Balaban J connectivity index is 2.98. The first-order chi connectivity index (χ1) is 7.91. The van der Waals surface area contributed by atoms with E-state index in [1.54, 1.807) is 13.8 Å². The zero-order chi connectivity index (χ0) is 13.1. The fourth-order valence-electron chi connectivity index (χ4n) is 1.36. The number of hydroxylamine groups is 1. The highest BCUT2D eigenvalue weighted by atomic mass is 16.7. The van der Waals surface area contributed by atoms with E-state index < -0.39 is 17.7 Å². The summed E-state index contributed by atoms with van der Waals surface area (Å²) in [6.07, 6.45) is 0.431. The van der Waals surface area contributed by atoms with Gasteiger partial charge in [-0.3, -0.25) is 10.3 Å². The molecule has 0 radical (unpaired) electrons. The Morgan fingerprint density at radius 2 is 1.76 bits per heavy atom. The molecule has 0 atom stereocenters. The molecule has 0 aromatic carbocycles. The molecule has 0 bridgehead atoms. The van der Waals surface area contributed by atoms with Crippen LogP contribution in [0.25, 0.3) is 0 Å². The molecule has 1 N–H and O–H groups in total. The van der Waals surface area contributed by atoms with Gasteiger partial charge in [-0.15, -0.1) is 0 Å². The summed E-state index contributed by atoms with van der Waals surface area (Å²) in [7, 11) is 0. The molecule has 0 saturated carbocycles. The Bertz CT molecular complexity index is 337. The third kappa shape index (κ3) is 3.20. The minimum absolute atomic E-state index is 0.139.